The Balaban J connectivity index is 1.86. The maximum Gasteiger partial charge on any atom is 0.358 e. The number of methoxy groups -OCH3 is 1. The number of carbonyl (C=O) groups excluding carboxylic acids is 3. The number of fused-ring (bicyclic) bond motifs is 1. The lowest BCUT2D eigenvalue weighted by Gasteiger charge is -2.20. The van der Waals surface area contributed by atoms with Crippen molar-refractivity contribution in [2.24, 2.45) is 7.05 Å². The van der Waals surface area contributed by atoms with Crippen LogP contribution in [-0.2, 0) is 26.8 Å². The van der Waals surface area contributed by atoms with Crippen molar-refractivity contribution in [2.45, 2.75) is 26.2 Å². The van der Waals surface area contributed by atoms with E-state index >= 15 is 0 Å². The number of hydrogen-bond acceptors (Lipinski definition) is 5. The summed E-state index contributed by atoms with van der Waals surface area (Å²) < 4.78 is 6.12. The van der Waals surface area contributed by atoms with Crippen molar-refractivity contribution in [2.75, 3.05) is 23.9 Å². The Labute approximate surface area is 157 Å². The standard InChI is InChI=1S/C19H22N4O4/c1-11-15(16(17(25)27-5)22(4)21-11)20-14(24)10-23-13-9-7-6-8-12(13)19(2,3)18(23)26/h6-9H,10H2,1-5H3,(H,20,24). The Morgan fingerprint density at radius 3 is 2.59 bits per heavy atom. The van der Waals surface area contributed by atoms with E-state index in [1.165, 1.54) is 16.7 Å². The second-order valence-corrected chi connectivity index (χ2v) is 7.01. The van der Waals surface area contributed by atoms with Gasteiger partial charge in [-0.25, -0.2) is 4.79 Å². The van der Waals surface area contributed by atoms with Crippen LogP contribution in [0.5, 0.6) is 0 Å². The van der Waals surface area contributed by atoms with Crippen LogP contribution in [0.25, 0.3) is 0 Å². The zero-order chi connectivity index (χ0) is 19.9. The Morgan fingerprint density at radius 1 is 1.26 bits per heavy atom. The number of hydrogen-bond donors (Lipinski definition) is 1. The number of aryl methyl sites for hydroxylation is 2. The molecule has 0 fully saturated rings. The number of para-hydroxylation sites is 1. The van der Waals surface area contributed by atoms with E-state index in [4.69, 9.17) is 4.74 Å². The Bertz CT molecular complexity index is 945. The summed E-state index contributed by atoms with van der Waals surface area (Å²) in [5.41, 5.74) is 1.83. The second-order valence-electron chi connectivity index (χ2n) is 7.01. The average molecular weight is 370 g/mol. The highest BCUT2D eigenvalue weighted by Gasteiger charge is 2.44. The molecule has 0 radical (unpaired) electrons. The normalized spacial score (nSPS) is 14.9. The molecule has 0 atom stereocenters. The van der Waals surface area contributed by atoms with E-state index in [2.05, 4.69) is 10.4 Å². The Hall–Kier alpha value is -3.16. The van der Waals surface area contributed by atoms with Crippen molar-refractivity contribution in [3.05, 3.63) is 41.2 Å². The van der Waals surface area contributed by atoms with E-state index < -0.39 is 17.3 Å². The summed E-state index contributed by atoms with van der Waals surface area (Å²) in [6.45, 7) is 5.20. The molecule has 2 heterocycles. The Kier molecular flexibility index (Phi) is 4.51. The third-order valence-corrected chi connectivity index (χ3v) is 4.82. The predicted molar refractivity (Wildman–Crippen MR) is 99.7 cm³/mol. The van der Waals surface area contributed by atoms with E-state index in [9.17, 15) is 14.4 Å². The van der Waals surface area contributed by atoms with Gasteiger partial charge in [0.05, 0.1) is 23.9 Å². The molecule has 1 aromatic carbocycles. The summed E-state index contributed by atoms with van der Waals surface area (Å²) in [5, 5.41) is 6.86. The fraction of sp³-hybridized carbons (Fsp3) is 0.368. The summed E-state index contributed by atoms with van der Waals surface area (Å²) in [6.07, 6.45) is 0. The number of carbonyl (C=O) groups is 3. The van der Waals surface area contributed by atoms with Crippen LogP contribution in [0.3, 0.4) is 0 Å². The number of benzene rings is 1. The molecule has 0 bridgehead atoms. The van der Waals surface area contributed by atoms with Gasteiger partial charge in [0, 0.05) is 12.7 Å². The quantitative estimate of drug-likeness (QED) is 0.828. The maximum absolute atomic E-state index is 12.8. The lowest BCUT2D eigenvalue weighted by molar-refractivity contribution is -0.124. The summed E-state index contributed by atoms with van der Waals surface area (Å²) in [5.74, 6) is -1.16. The molecule has 2 amide bonds. The van der Waals surface area contributed by atoms with Crippen molar-refractivity contribution < 1.29 is 19.1 Å². The van der Waals surface area contributed by atoms with Crippen molar-refractivity contribution in [1.29, 1.82) is 0 Å². The van der Waals surface area contributed by atoms with Gasteiger partial charge in [0.1, 0.15) is 6.54 Å². The van der Waals surface area contributed by atoms with Crippen LogP contribution in [0.4, 0.5) is 11.4 Å². The minimum absolute atomic E-state index is 0.144. The highest BCUT2D eigenvalue weighted by molar-refractivity contribution is 6.12. The fourth-order valence-electron chi connectivity index (χ4n) is 3.42. The SMILES string of the molecule is COC(=O)c1c(NC(=O)CN2C(=O)C(C)(C)c3ccccc32)c(C)nn1C. The van der Waals surface area contributed by atoms with Crippen molar-refractivity contribution in [3.63, 3.8) is 0 Å². The van der Waals surface area contributed by atoms with Crippen LogP contribution in [0.15, 0.2) is 24.3 Å². The number of amides is 2. The van der Waals surface area contributed by atoms with Gasteiger partial charge in [-0.1, -0.05) is 18.2 Å². The lowest BCUT2D eigenvalue weighted by atomic mass is 9.86. The molecule has 3 rings (SSSR count). The summed E-state index contributed by atoms with van der Waals surface area (Å²) in [6, 6.07) is 7.42. The molecule has 1 aliphatic heterocycles. The third kappa shape index (κ3) is 2.97. The van der Waals surface area contributed by atoms with Crippen molar-refractivity contribution >= 4 is 29.2 Å². The molecular weight excluding hydrogens is 348 g/mol. The molecule has 0 spiro atoms. The van der Waals surface area contributed by atoms with E-state index in [0.29, 0.717) is 5.69 Å². The van der Waals surface area contributed by atoms with Crippen molar-refractivity contribution in [1.82, 2.24) is 9.78 Å². The summed E-state index contributed by atoms with van der Waals surface area (Å²) >= 11 is 0. The molecular formula is C19H22N4O4. The van der Waals surface area contributed by atoms with E-state index in [-0.39, 0.29) is 23.8 Å². The smallest absolute Gasteiger partial charge is 0.358 e. The molecule has 8 nitrogen and oxygen atoms in total. The molecule has 0 unspecified atom stereocenters. The predicted octanol–water partition coefficient (Wildman–Crippen LogP) is 1.78. The Morgan fingerprint density at radius 2 is 1.93 bits per heavy atom. The first kappa shape index (κ1) is 18.6. The average Bonchev–Trinajstić information content (AvgIpc) is 3.00. The molecule has 1 aliphatic rings. The largest absolute Gasteiger partial charge is 0.464 e. The van der Waals surface area contributed by atoms with Gasteiger partial charge in [-0.3, -0.25) is 14.3 Å². The number of ether oxygens (including phenoxy) is 1. The van der Waals surface area contributed by atoms with Gasteiger partial charge < -0.3 is 15.0 Å². The van der Waals surface area contributed by atoms with E-state index in [0.717, 1.165) is 11.3 Å². The zero-order valence-electron chi connectivity index (χ0n) is 16.0. The van der Waals surface area contributed by atoms with Gasteiger partial charge in [-0.15, -0.1) is 0 Å². The number of nitrogens with zero attached hydrogens (tertiary/aromatic N) is 3. The molecule has 1 N–H and O–H groups in total. The van der Waals surface area contributed by atoms with Gasteiger partial charge in [0.25, 0.3) is 0 Å². The molecule has 8 heteroatoms. The topological polar surface area (TPSA) is 93.5 Å². The number of rotatable bonds is 4. The van der Waals surface area contributed by atoms with E-state index in [1.807, 2.05) is 38.1 Å². The third-order valence-electron chi connectivity index (χ3n) is 4.82. The minimum Gasteiger partial charge on any atom is -0.464 e. The van der Waals surface area contributed by atoms with Crippen LogP contribution in [0, 0.1) is 6.92 Å². The van der Waals surface area contributed by atoms with Gasteiger partial charge in [0.15, 0.2) is 5.69 Å². The highest BCUT2D eigenvalue weighted by Crippen LogP contribution is 2.41. The molecule has 27 heavy (non-hydrogen) atoms. The first-order chi connectivity index (χ1) is 12.7. The van der Waals surface area contributed by atoms with Gasteiger partial charge in [-0.05, 0) is 32.4 Å². The van der Waals surface area contributed by atoms with Crippen LogP contribution in [-0.4, -0.2) is 41.2 Å². The molecule has 2 aromatic rings. The van der Waals surface area contributed by atoms with Gasteiger partial charge in [-0.2, -0.15) is 5.10 Å². The molecule has 0 aliphatic carbocycles. The maximum atomic E-state index is 12.8. The van der Waals surface area contributed by atoms with Crippen LogP contribution < -0.4 is 10.2 Å². The molecule has 1 aromatic heterocycles. The molecule has 0 saturated carbocycles. The molecule has 0 saturated heterocycles. The van der Waals surface area contributed by atoms with Crippen LogP contribution >= 0.6 is 0 Å². The number of nitrogens with one attached hydrogen (secondary N) is 1. The molecule has 142 valence electrons. The van der Waals surface area contributed by atoms with Crippen molar-refractivity contribution in [3.8, 4) is 0 Å². The van der Waals surface area contributed by atoms with Gasteiger partial charge >= 0.3 is 5.97 Å². The highest BCUT2D eigenvalue weighted by atomic mass is 16.5. The van der Waals surface area contributed by atoms with Crippen LogP contribution in [0.2, 0.25) is 0 Å². The lowest BCUT2D eigenvalue weighted by Crippen LogP contribution is -2.41. The first-order valence-corrected chi connectivity index (χ1v) is 8.51. The first-order valence-electron chi connectivity index (χ1n) is 8.51. The number of esters is 1. The minimum atomic E-state index is -0.696. The zero-order valence-corrected chi connectivity index (χ0v) is 16.0. The summed E-state index contributed by atoms with van der Waals surface area (Å²) in [7, 11) is 2.86. The number of anilines is 2. The van der Waals surface area contributed by atoms with Gasteiger partial charge in [0.2, 0.25) is 11.8 Å². The second kappa shape index (κ2) is 6.53. The number of aromatic nitrogens is 2. The monoisotopic (exact) mass is 370 g/mol. The van der Waals surface area contributed by atoms with E-state index in [1.54, 1.807) is 14.0 Å². The van der Waals surface area contributed by atoms with Crippen LogP contribution in [0.1, 0.15) is 35.6 Å². The summed E-state index contributed by atoms with van der Waals surface area (Å²) in [4.78, 5) is 38.9. The fourth-order valence-corrected chi connectivity index (χ4v) is 3.42.